The third-order valence-electron chi connectivity index (χ3n) is 7.57. The number of halogens is 2. The molecule has 2 aliphatic carbocycles. The second-order valence-corrected chi connectivity index (χ2v) is 17.5. The van der Waals surface area contributed by atoms with Gasteiger partial charge in [-0.2, -0.15) is 0 Å². The minimum absolute atomic E-state index is 0.140. The van der Waals surface area contributed by atoms with E-state index in [-0.39, 0.29) is 36.4 Å². The molecule has 0 heterocycles. The van der Waals surface area contributed by atoms with Crippen molar-refractivity contribution in [3.05, 3.63) is 0 Å². The van der Waals surface area contributed by atoms with Crippen molar-refractivity contribution in [1.82, 2.24) is 0 Å². The topological polar surface area (TPSA) is 118 Å². The number of esters is 2. The number of hydrogen-bond acceptors (Lipinski definition) is 5. The molecule has 2 fully saturated rings. The highest BCUT2D eigenvalue weighted by Crippen LogP contribution is 2.55. The molecule has 11 heteroatoms. The van der Waals surface area contributed by atoms with Crippen molar-refractivity contribution >= 4 is 64.7 Å². The lowest BCUT2D eigenvalue weighted by molar-refractivity contribution is -0.172. The molecule has 2 saturated carbocycles. The van der Waals surface area contributed by atoms with Crippen LogP contribution in [0.3, 0.4) is 0 Å². The van der Waals surface area contributed by atoms with E-state index in [9.17, 15) is 29.4 Å². The molecular weight excluding hydrogens is 479 g/mol. The van der Waals surface area contributed by atoms with Gasteiger partial charge in [-0.1, -0.05) is 26.2 Å². The molecule has 6 unspecified atom stereocenters. The zero-order chi connectivity index (χ0) is 23.7. The van der Waals surface area contributed by atoms with Gasteiger partial charge in [0.05, 0.1) is 39.5 Å². The van der Waals surface area contributed by atoms with Crippen LogP contribution in [0.25, 0.3) is 0 Å². The molecule has 0 aromatic rings. The molecule has 0 aliphatic heterocycles. The maximum Gasteiger partial charge on any atom is 0.317 e. The number of alkyl halides is 2. The van der Waals surface area contributed by atoms with Gasteiger partial charge in [0.1, 0.15) is 0 Å². The second kappa shape index (κ2) is 9.93. The van der Waals surface area contributed by atoms with Crippen LogP contribution < -0.4 is 0 Å². The number of carbonyl (C=O) groups is 4. The summed E-state index contributed by atoms with van der Waals surface area (Å²) in [6.07, 6.45) is 1.73. The highest BCUT2D eigenvalue weighted by Gasteiger charge is 2.60. The lowest BCUT2D eigenvalue weighted by atomic mass is 9.76. The minimum atomic E-state index is -1.97. The SMILES string of the molecule is C[SiH](C)C1(C(=O)OC(=O)C2([SiH](C)C)CCC(Cl)CC2C(=O)O)CCC(Cl)CC1C(=O)O. The largest absolute Gasteiger partial charge is 0.481 e. The molecule has 176 valence electrons. The first kappa shape index (κ1) is 26.3. The Morgan fingerprint density at radius 3 is 1.35 bits per heavy atom. The van der Waals surface area contributed by atoms with Crippen molar-refractivity contribution < 1.29 is 34.1 Å². The molecular formula is C20H32Cl2O7Si2. The Hall–Kier alpha value is -0.906. The number of rotatable bonds is 6. The Morgan fingerprint density at radius 2 is 1.10 bits per heavy atom. The third kappa shape index (κ3) is 4.74. The van der Waals surface area contributed by atoms with E-state index < -0.39 is 63.4 Å². The van der Waals surface area contributed by atoms with E-state index in [2.05, 4.69) is 0 Å². The average molecular weight is 512 g/mol. The molecule has 0 saturated heterocycles. The fraction of sp³-hybridized carbons (Fsp3) is 0.800. The average Bonchev–Trinajstić information content (AvgIpc) is 2.67. The summed E-state index contributed by atoms with van der Waals surface area (Å²) in [5.74, 6) is -5.90. The van der Waals surface area contributed by atoms with Crippen molar-refractivity contribution in [2.75, 3.05) is 0 Å². The molecule has 0 bridgehead atoms. The van der Waals surface area contributed by atoms with Crippen molar-refractivity contribution in [2.45, 2.75) is 85.5 Å². The second-order valence-electron chi connectivity index (χ2n) is 9.59. The van der Waals surface area contributed by atoms with Crippen molar-refractivity contribution in [2.24, 2.45) is 11.8 Å². The Labute approximate surface area is 196 Å². The number of aliphatic carboxylic acids is 2. The smallest absolute Gasteiger partial charge is 0.317 e. The molecule has 2 aliphatic rings. The molecule has 0 spiro atoms. The summed E-state index contributed by atoms with van der Waals surface area (Å²) < 4.78 is 5.47. The summed E-state index contributed by atoms with van der Waals surface area (Å²) in [6, 6.07) is 0. The minimum Gasteiger partial charge on any atom is -0.481 e. The van der Waals surface area contributed by atoms with Crippen molar-refractivity contribution in [3.63, 3.8) is 0 Å². The zero-order valence-corrected chi connectivity index (χ0v) is 22.2. The van der Waals surface area contributed by atoms with Gasteiger partial charge in [-0.05, 0) is 38.5 Å². The van der Waals surface area contributed by atoms with Crippen LogP contribution in [-0.4, -0.2) is 62.4 Å². The molecule has 0 radical (unpaired) electrons. The van der Waals surface area contributed by atoms with Crippen LogP contribution in [-0.2, 0) is 23.9 Å². The lowest BCUT2D eigenvalue weighted by Gasteiger charge is -2.46. The lowest BCUT2D eigenvalue weighted by Crippen LogP contribution is -2.53. The van der Waals surface area contributed by atoms with Crippen LogP contribution in [0.1, 0.15) is 38.5 Å². The highest BCUT2D eigenvalue weighted by atomic mass is 35.5. The predicted octanol–water partition coefficient (Wildman–Crippen LogP) is 3.49. The number of carboxylic acids is 2. The highest BCUT2D eigenvalue weighted by molar-refractivity contribution is 6.66. The fourth-order valence-electron chi connectivity index (χ4n) is 5.57. The molecule has 0 aromatic heterocycles. The number of carbonyl (C=O) groups excluding carboxylic acids is 2. The van der Waals surface area contributed by atoms with Gasteiger partial charge in [-0.25, -0.2) is 0 Å². The van der Waals surface area contributed by atoms with E-state index >= 15 is 0 Å². The van der Waals surface area contributed by atoms with Gasteiger partial charge in [0.2, 0.25) is 0 Å². The quantitative estimate of drug-likeness (QED) is 0.243. The first-order valence-electron chi connectivity index (χ1n) is 10.8. The van der Waals surface area contributed by atoms with Gasteiger partial charge in [0, 0.05) is 10.8 Å². The summed E-state index contributed by atoms with van der Waals surface area (Å²) in [6.45, 7) is 7.51. The van der Waals surface area contributed by atoms with Crippen LogP contribution >= 0.6 is 23.2 Å². The maximum absolute atomic E-state index is 13.5. The molecule has 2 N–H and O–H groups in total. The number of ether oxygens (including phenoxy) is 1. The Morgan fingerprint density at radius 1 is 0.774 bits per heavy atom. The molecule has 0 amide bonds. The van der Waals surface area contributed by atoms with Gasteiger partial charge < -0.3 is 14.9 Å². The monoisotopic (exact) mass is 510 g/mol. The summed E-state index contributed by atoms with van der Waals surface area (Å²) in [4.78, 5) is 51.0. The summed E-state index contributed by atoms with van der Waals surface area (Å²) in [5, 5.41) is 16.5. The molecule has 6 atom stereocenters. The molecule has 0 aromatic carbocycles. The first-order valence-corrected chi connectivity index (χ1v) is 17.5. The van der Waals surface area contributed by atoms with Crippen molar-refractivity contribution in [3.8, 4) is 0 Å². The van der Waals surface area contributed by atoms with Gasteiger partial charge in [0.15, 0.2) is 0 Å². The van der Waals surface area contributed by atoms with E-state index in [0.29, 0.717) is 12.8 Å². The van der Waals surface area contributed by atoms with Gasteiger partial charge in [-0.15, -0.1) is 23.2 Å². The molecule has 2 rings (SSSR count). The molecule has 31 heavy (non-hydrogen) atoms. The van der Waals surface area contributed by atoms with Gasteiger partial charge in [-0.3, -0.25) is 19.2 Å². The maximum atomic E-state index is 13.5. The van der Waals surface area contributed by atoms with Crippen molar-refractivity contribution in [1.29, 1.82) is 0 Å². The van der Waals surface area contributed by atoms with Crippen LogP contribution in [0.2, 0.25) is 36.3 Å². The van der Waals surface area contributed by atoms with E-state index in [1.165, 1.54) is 0 Å². The Bertz CT molecular complexity index is 687. The predicted molar refractivity (Wildman–Crippen MR) is 123 cm³/mol. The van der Waals surface area contributed by atoms with Crippen LogP contribution in [0.15, 0.2) is 0 Å². The third-order valence-corrected chi connectivity index (χ3v) is 14.3. The van der Waals surface area contributed by atoms with E-state index in [4.69, 9.17) is 27.9 Å². The Kier molecular flexibility index (Phi) is 8.44. The normalized spacial score (nSPS) is 36.3. The Balaban J connectivity index is 2.43. The van der Waals surface area contributed by atoms with Gasteiger partial charge in [0.25, 0.3) is 0 Å². The fourth-order valence-corrected chi connectivity index (χ4v) is 10.9. The van der Waals surface area contributed by atoms with E-state index in [0.717, 1.165) is 0 Å². The number of hydrogen-bond donors (Lipinski definition) is 2. The van der Waals surface area contributed by atoms with E-state index in [1.807, 2.05) is 26.2 Å². The summed E-state index contributed by atoms with van der Waals surface area (Å²) in [7, 11) is -3.95. The van der Waals surface area contributed by atoms with Crippen LogP contribution in [0.5, 0.6) is 0 Å². The first-order chi connectivity index (χ1) is 14.3. The van der Waals surface area contributed by atoms with Crippen LogP contribution in [0, 0.1) is 11.8 Å². The summed E-state index contributed by atoms with van der Waals surface area (Å²) >= 11 is 12.4. The van der Waals surface area contributed by atoms with E-state index in [1.54, 1.807) is 0 Å². The summed E-state index contributed by atoms with van der Waals surface area (Å²) in [5.41, 5.74) is 0. The standard InChI is InChI=1S/C20H32Cl2O7Si2/c1-30(2)19(7-5-11(21)9-13(19)15(23)24)17(27)29-18(28)20(31(3)4)8-6-12(22)10-14(20)16(25)26/h11-14,30-31H,5-10H2,1-4H3,(H,23,24)(H,25,26). The van der Waals surface area contributed by atoms with Gasteiger partial charge >= 0.3 is 23.9 Å². The number of carboxylic acid groups (broad SMARTS) is 2. The zero-order valence-electron chi connectivity index (χ0n) is 18.4. The molecule has 7 nitrogen and oxygen atoms in total. The van der Waals surface area contributed by atoms with Crippen LogP contribution in [0.4, 0.5) is 0 Å².